The molecule has 0 bridgehead atoms. The van der Waals surface area contributed by atoms with E-state index in [-0.39, 0.29) is 60.2 Å². The second kappa shape index (κ2) is 45.3. The lowest BCUT2D eigenvalue weighted by Crippen LogP contribution is -2.38. The van der Waals surface area contributed by atoms with Crippen LogP contribution in [-0.2, 0) is 131 Å². The van der Waals surface area contributed by atoms with Gasteiger partial charge in [-0.2, -0.15) is 0 Å². The Bertz CT molecular complexity index is 6810. The van der Waals surface area contributed by atoms with Gasteiger partial charge in [-0.05, 0) is 274 Å². The molecule has 4 N–H and O–H groups in total. The van der Waals surface area contributed by atoms with Gasteiger partial charge in [0.25, 0.3) is 0 Å². The number of amides is 1. The minimum absolute atomic E-state index is 0.0178. The Morgan fingerprint density at radius 2 is 0.573 bits per heavy atom. The predicted molar refractivity (Wildman–Crippen MR) is 568 cm³/mol. The zero-order valence-corrected chi connectivity index (χ0v) is 87.0. The third kappa shape index (κ3) is 23.9. The van der Waals surface area contributed by atoms with Crippen molar-refractivity contribution in [2.24, 2.45) is 28.7 Å². The average Bonchev–Trinajstić information content (AvgIpc) is 1.62. The van der Waals surface area contributed by atoms with E-state index in [2.05, 4.69) is 233 Å². The normalized spacial score (nSPS) is 15.8. The average molecular weight is 1930 g/mol. The van der Waals surface area contributed by atoms with Crippen molar-refractivity contribution in [2.75, 3.05) is 82.1 Å². The third-order valence-electron chi connectivity index (χ3n) is 28.7. The fourth-order valence-electron chi connectivity index (χ4n) is 20.6. The van der Waals surface area contributed by atoms with Gasteiger partial charge in [0, 0.05) is 269 Å². The number of ether oxygens (including phenoxy) is 4. The van der Waals surface area contributed by atoms with E-state index in [4.69, 9.17) is 30.4 Å². The van der Waals surface area contributed by atoms with Crippen LogP contribution in [0.25, 0.3) is 54.5 Å². The van der Waals surface area contributed by atoms with E-state index in [9.17, 15) is 19.2 Å². The molecule has 15 aromatic rings. The summed E-state index contributed by atoms with van der Waals surface area (Å²) < 4.78 is 35.8. The standard InChI is InChI=1S/C25H32N4O2.C25H31N3O2.C24H29N3O2.C23H28N4O2.C20H24N4/c1-16(2)24(26)25(30)31-23(18-7-10-27-11-8-18)15-29-21-6-5-17(3)13-19(21)20-14-28(4)12-9-22(20)29;1-17-6-7-21-19(14-17)20-15-27(5)13-10-22(20)28(21)16-23(18-8-11-26-12-9-18)30-24(29)25(2,3)4;1-16(2)24(28)29-23(18-7-10-25-11-8-18)15-27-21-6-5-17(3)13-19(21)20-14-26(4)12-9-22(20)27;1-16-5-6-20-18(13-16)19-14-26(4)12-9-21(19)27(20)15-22(29-23(28)25(2)3)17-7-10-24-11-8-17;1-14-3-4-19-16(11-14)17-12-23(2)10-7-20(17)24(19)13-18(21)15-5-8-22-9-6-15/h5-8,10-11,13,16,23-24H,9,12,14-15,26H2,1-4H3;6-9,11-12,14,23H,10,13,15-16H2,1-5H3;5-8,10-11,13,16,23H,9,12,14-15H2,1-4H3;5-8,10-11,13,22H,9,12,14-15H2,1-4H3;3-6,8-9,11,18H,7,10,12-13,21H2,1-2H3. The van der Waals surface area contributed by atoms with E-state index in [1.54, 1.807) is 63.7 Å². The highest BCUT2D eigenvalue weighted by molar-refractivity contribution is 5.91. The Balaban J connectivity index is 0.000000129. The number of hydrogen-bond acceptors (Lipinski definition) is 20. The molecular formula is C117H144N18O8. The van der Waals surface area contributed by atoms with E-state index in [1.165, 1.54) is 144 Å². The Kier molecular flexibility index (Phi) is 32.6. The van der Waals surface area contributed by atoms with Crippen LogP contribution in [0.4, 0.5) is 4.79 Å². The Labute approximate surface area is 842 Å². The van der Waals surface area contributed by atoms with E-state index in [1.807, 2.05) is 122 Å². The first-order valence-electron chi connectivity index (χ1n) is 50.6. The number of aromatic nitrogens is 10. The minimum atomic E-state index is -0.643. The summed E-state index contributed by atoms with van der Waals surface area (Å²) in [6.45, 7) is 37.2. The van der Waals surface area contributed by atoms with E-state index in [0.29, 0.717) is 26.2 Å². The van der Waals surface area contributed by atoms with E-state index < -0.39 is 17.6 Å². The van der Waals surface area contributed by atoms with Crippen molar-refractivity contribution in [3.05, 3.63) is 326 Å². The minimum Gasteiger partial charge on any atom is -0.455 e. The highest BCUT2D eigenvalue weighted by atomic mass is 16.6. The number of esters is 3. The highest BCUT2D eigenvalue weighted by Gasteiger charge is 2.36. The largest absolute Gasteiger partial charge is 0.455 e. The van der Waals surface area contributed by atoms with Gasteiger partial charge in [0.15, 0.2) is 0 Å². The number of carbonyl (C=O) groups is 4. The molecule has 1 amide bonds. The molecule has 0 fully saturated rings. The number of nitrogens with two attached hydrogens (primary N) is 2. The number of hydrogen-bond donors (Lipinski definition) is 2. The van der Waals surface area contributed by atoms with Crippen molar-refractivity contribution in [2.45, 2.75) is 217 Å². The van der Waals surface area contributed by atoms with Crippen molar-refractivity contribution in [3.63, 3.8) is 0 Å². The van der Waals surface area contributed by atoms with Crippen molar-refractivity contribution in [3.8, 4) is 0 Å². The molecule has 0 saturated heterocycles. The Morgan fingerprint density at radius 3 is 0.818 bits per heavy atom. The highest BCUT2D eigenvalue weighted by Crippen LogP contribution is 2.42. The molecule has 0 spiro atoms. The molecule has 20 rings (SSSR count). The predicted octanol–water partition coefficient (Wildman–Crippen LogP) is 19.3. The summed E-state index contributed by atoms with van der Waals surface area (Å²) in [7, 11) is 14.3. The van der Waals surface area contributed by atoms with Gasteiger partial charge in [0.1, 0.15) is 30.5 Å². The zero-order chi connectivity index (χ0) is 101. The SMILES string of the molecule is Cc1ccc2c(c1)c1c(n2CC(N)c2ccncc2)CCN(C)C1.Cc1ccc2c(c1)c1c(n2CC(OC(=O)C(C)(C)C)c2ccncc2)CCN(C)C1.Cc1ccc2c(c1)c1c(n2CC(OC(=O)C(C)C)c2ccncc2)CCN(C)C1.Cc1ccc2c(c1)c1c(n2CC(OC(=O)C(N)C(C)C)c2ccncc2)CCN(C)C1.Cc1ccc2c(c1)c1c(n2CC(OC(=O)N(C)C)c2ccncc2)CCN(C)C1. The molecule has 0 saturated carbocycles. The van der Waals surface area contributed by atoms with Crippen LogP contribution in [0.3, 0.4) is 0 Å². The maximum atomic E-state index is 12.8. The third-order valence-corrected chi connectivity index (χ3v) is 28.7. The van der Waals surface area contributed by atoms with Gasteiger partial charge in [0.2, 0.25) is 0 Å². The molecule has 0 aliphatic carbocycles. The quantitative estimate of drug-likeness (QED) is 0.0471. The van der Waals surface area contributed by atoms with E-state index in [0.717, 1.165) is 132 Å². The molecule has 26 heteroatoms. The molecule has 750 valence electrons. The summed E-state index contributed by atoms with van der Waals surface area (Å²) in [6, 6.07) is 52.1. The summed E-state index contributed by atoms with van der Waals surface area (Å²) >= 11 is 0. The molecule has 5 aromatic carbocycles. The van der Waals surface area contributed by atoms with Crippen molar-refractivity contribution < 1.29 is 38.1 Å². The van der Waals surface area contributed by atoms with Crippen LogP contribution in [0.15, 0.2) is 214 Å². The van der Waals surface area contributed by atoms with Crippen LogP contribution in [0.1, 0.15) is 191 Å². The summed E-state index contributed by atoms with van der Waals surface area (Å²) in [4.78, 5) is 84.3. The lowest BCUT2D eigenvalue weighted by Gasteiger charge is -2.27. The first-order chi connectivity index (χ1) is 68.6. The van der Waals surface area contributed by atoms with Crippen LogP contribution in [0, 0.1) is 51.9 Å². The van der Waals surface area contributed by atoms with Crippen LogP contribution < -0.4 is 11.5 Å². The number of benzene rings is 5. The van der Waals surface area contributed by atoms with Crippen LogP contribution in [-0.4, -0.2) is 189 Å². The van der Waals surface area contributed by atoms with Crippen molar-refractivity contribution >= 4 is 78.5 Å². The van der Waals surface area contributed by atoms with Gasteiger partial charge in [-0.25, -0.2) is 4.79 Å². The topological polar surface area (TPSA) is 266 Å². The molecule has 5 aliphatic heterocycles. The van der Waals surface area contributed by atoms with Gasteiger partial charge >= 0.3 is 24.0 Å². The first kappa shape index (κ1) is 103. The Morgan fingerprint density at radius 1 is 0.336 bits per heavy atom. The van der Waals surface area contributed by atoms with Crippen molar-refractivity contribution in [1.29, 1.82) is 0 Å². The van der Waals surface area contributed by atoms with Crippen LogP contribution >= 0.6 is 0 Å². The number of aryl methyl sites for hydroxylation is 5. The zero-order valence-electron chi connectivity index (χ0n) is 87.0. The van der Waals surface area contributed by atoms with Crippen LogP contribution in [0.5, 0.6) is 0 Å². The van der Waals surface area contributed by atoms with Gasteiger partial charge < -0.3 is 82.6 Å². The summed E-state index contributed by atoms with van der Waals surface area (Å²) in [5, 5.41) is 6.61. The molecular weight excluding hydrogens is 1790 g/mol. The van der Waals surface area contributed by atoms with Gasteiger partial charge in [-0.3, -0.25) is 39.3 Å². The molecule has 10 aromatic heterocycles. The van der Waals surface area contributed by atoms with Gasteiger partial charge in [-0.1, -0.05) is 85.8 Å². The first-order valence-corrected chi connectivity index (χ1v) is 50.6. The fourth-order valence-corrected chi connectivity index (χ4v) is 20.6. The fraction of sp³-hybridized carbons (Fsp3) is 0.410. The second-order valence-electron chi connectivity index (χ2n) is 41.9. The smallest absolute Gasteiger partial charge is 0.409 e. The number of carbonyl (C=O) groups excluding carboxylic acids is 4. The lowest BCUT2D eigenvalue weighted by atomic mass is 9.97. The number of nitrogens with zero attached hydrogens (tertiary/aromatic N) is 16. The molecule has 0 radical (unpaired) electrons. The molecule has 15 heterocycles. The second-order valence-corrected chi connectivity index (χ2v) is 41.9. The van der Waals surface area contributed by atoms with Gasteiger partial charge in [0.05, 0.1) is 37.5 Å². The van der Waals surface area contributed by atoms with Crippen LogP contribution in [0.2, 0.25) is 0 Å². The molecule has 6 atom stereocenters. The number of rotatable bonds is 22. The summed E-state index contributed by atoms with van der Waals surface area (Å²) in [5.41, 5.74) is 43.4. The maximum absolute atomic E-state index is 12.8. The van der Waals surface area contributed by atoms with E-state index >= 15 is 0 Å². The molecule has 5 aliphatic rings. The maximum Gasteiger partial charge on any atom is 0.409 e. The Hall–Kier alpha value is -13.1. The molecule has 143 heavy (non-hydrogen) atoms. The number of likely N-dealkylation sites (N-methyl/N-ethyl adjacent to an activating group) is 5. The lowest BCUT2D eigenvalue weighted by molar-refractivity contribution is -0.160. The monoisotopic (exact) mass is 1930 g/mol. The summed E-state index contributed by atoms with van der Waals surface area (Å²) in [6.07, 6.45) is 20.8. The number of pyridine rings is 5. The molecule has 6 unspecified atom stereocenters. The molecule has 26 nitrogen and oxygen atoms in total. The van der Waals surface area contributed by atoms with Crippen molar-refractivity contribution in [1.82, 2.24) is 77.2 Å². The summed E-state index contributed by atoms with van der Waals surface area (Å²) in [5.74, 6) is -0.870. The number of fused-ring (bicyclic) bond motifs is 15. The van der Waals surface area contributed by atoms with Gasteiger partial charge in [-0.15, -0.1) is 0 Å².